The van der Waals surface area contributed by atoms with Crippen LogP contribution in [0.4, 0.5) is 0 Å². The number of hydrogen-bond acceptors (Lipinski definition) is 3. The van der Waals surface area contributed by atoms with Crippen LogP contribution >= 0.6 is 0 Å². The van der Waals surface area contributed by atoms with E-state index in [-0.39, 0.29) is 5.41 Å². The van der Waals surface area contributed by atoms with Crippen LogP contribution in [0, 0.1) is 0 Å². The van der Waals surface area contributed by atoms with Crippen molar-refractivity contribution in [3.8, 4) is 0 Å². The summed E-state index contributed by atoms with van der Waals surface area (Å²) in [6.07, 6.45) is 6.23. The monoisotopic (exact) mass is 206 g/mol. The molecule has 15 heavy (non-hydrogen) atoms. The quantitative estimate of drug-likeness (QED) is 0.774. The Morgan fingerprint density at radius 3 is 2.80 bits per heavy atom. The van der Waals surface area contributed by atoms with E-state index in [0.29, 0.717) is 6.04 Å². The first kappa shape index (κ1) is 9.33. The third-order valence-electron chi connectivity index (χ3n) is 3.89. The molecule has 0 radical (unpaired) electrons. The summed E-state index contributed by atoms with van der Waals surface area (Å²) in [5.41, 5.74) is 0.257. The average molecular weight is 206 g/mol. The normalized spacial score (nSPS) is 29.0. The van der Waals surface area contributed by atoms with Crippen molar-refractivity contribution >= 4 is 0 Å². The lowest BCUT2D eigenvalue weighted by Gasteiger charge is -2.35. The van der Waals surface area contributed by atoms with E-state index in [0.717, 1.165) is 18.2 Å². The van der Waals surface area contributed by atoms with Crippen LogP contribution in [-0.4, -0.2) is 21.7 Å². The van der Waals surface area contributed by atoms with E-state index >= 15 is 0 Å². The number of rotatable bonds is 2. The zero-order valence-corrected chi connectivity index (χ0v) is 9.21. The zero-order chi connectivity index (χ0) is 10.3. The van der Waals surface area contributed by atoms with Crippen molar-refractivity contribution in [2.24, 2.45) is 0 Å². The van der Waals surface area contributed by atoms with Crippen LogP contribution in [0.2, 0.25) is 0 Å². The van der Waals surface area contributed by atoms with Crippen molar-refractivity contribution in [1.82, 2.24) is 20.5 Å². The maximum Gasteiger partial charge on any atom is 0.156 e. The van der Waals surface area contributed by atoms with Crippen LogP contribution < -0.4 is 5.32 Å². The van der Waals surface area contributed by atoms with Gasteiger partial charge < -0.3 is 5.32 Å². The van der Waals surface area contributed by atoms with Gasteiger partial charge in [-0.15, -0.1) is 0 Å². The fraction of sp³-hybridized carbons (Fsp3) is 0.818. The fourth-order valence-corrected chi connectivity index (χ4v) is 2.55. The first-order valence-corrected chi connectivity index (χ1v) is 5.94. The average Bonchev–Trinajstić information content (AvgIpc) is 2.84. The van der Waals surface area contributed by atoms with Crippen molar-refractivity contribution in [3.63, 3.8) is 0 Å². The molecule has 0 bridgehead atoms. The van der Waals surface area contributed by atoms with Crippen LogP contribution in [0.1, 0.15) is 56.7 Å². The van der Waals surface area contributed by atoms with Crippen molar-refractivity contribution in [2.75, 3.05) is 6.54 Å². The van der Waals surface area contributed by atoms with Crippen LogP contribution in [0.3, 0.4) is 0 Å². The van der Waals surface area contributed by atoms with Gasteiger partial charge in [-0.2, -0.15) is 5.10 Å². The van der Waals surface area contributed by atoms with Gasteiger partial charge in [0.1, 0.15) is 5.82 Å². The lowest BCUT2D eigenvalue weighted by molar-refractivity contribution is 0.257. The summed E-state index contributed by atoms with van der Waals surface area (Å²) in [5.74, 6) is 2.06. The van der Waals surface area contributed by atoms with Crippen molar-refractivity contribution in [3.05, 3.63) is 11.6 Å². The van der Waals surface area contributed by atoms with Crippen molar-refractivity contribution < 1.29 is 0 Å². The number of aromatic nitrogens is 3. The second-order valence-electron chi connectivity index (χ2n) is 5.11. The molecule has 0 spiro atoms. The molecule has 1 aromatic rings. The molecule has 1 atom stereocenters. The summed E-state index contributed by atoms with van der Waals surface area (Å²) < 4.78 is 0. The first-order chi connectivity index (χ1) is 7.28. The van der Waals surface area contributed by atoms with E-state index in [1.54, 1.807) is 0 Å². The van der Waals surface area contributed by atoms with E-state index < -0.39 is 0 Å². The third-order valence-corrected chi connectivity index (χ3v) is 3.89. The number of nitrogens with one attached hydrogen (secondary N) is 2. The second kappa shape index (κ2) is 3.30. The van der Waals surface area contributed by atoms with Crippen molar-refractivity contribution in [1.29, 1.82) is 0 Å². The molecule has 1 saturated heterocycles. The van der Waals surface area contributed by atoms with E-state index in [2.05, 4.69) is 27.4 Å². The van der Waals surface area contributed by atoms with Crippen LogP contribution in [0.15, 0.2) is 0 Å². The van der Waals surface area contributed by atoms with Crippen LogP contribution in [-0.2, 0) is 5.41 Å². The summed E-state index contributed by atoms with van der Waals surface area (Å²) >= 11 is 0. The SMILES string of the molecule is CC1(c2n[nH]c(C3CCCN3)n2)CCC1. The Bertz CT molecular complexity index is 347. The van der Waals surface area contributed by atoms with Gasteiger partial charge in [0.05, 0.1) is 6.04 Å². The molecule has 1 aromatic heterocycles. The minimum absolute atomic E-state index is 0.257. The molecular formula is C11H18N4. The van der Waals surface area contributed by atoms with E-state index in [1.165, 1.54) is 32.1 Å². The van der Waals surface area contributed by atoms with Crippen molar-refractivity contribution in [2.45, 2.75) is 50.5 Å². The number of hydrogen-bond donors (Lipinski definition) is 2. The molecule has 2 N–H and O–H groups in total. The van der Waals surface area contributed by atoms with Crippen LogP contribution in [0.5, 0.6) is 0 Å². The minimum Gasteiger partial charge on any atom is -0.307 e. The lowest BCUT2D eigenvalue weighted by atomic mass is 9.70. The zero-order valence-electron chi connectivity index (χ0n) is 9.21. The number of H-pyrrole nitrogens is 1. The summed E-state index contributed by atoms with van der Waals surface area (Å²) in [6.45, 7) is 3.38. The summed E-state index contributed by atoms with van der Waals surface area (Å²) in [5, 5.41) is 10.9. The Balaban J connectivity index is 1.80. The predicted molar refractivity (Wildman–Crippen MR) is 57.6 cm³/mol. The molecule has 2 heterocycles. The Morgan fingerprint density at radius 1 is 1.33 bits per heavy atom. The smallest absolute Gasteiger partial charge is 0.156 e. The van der Waals surface area contributed by atoms with Gasteiger partial charge in [0.2, 0.25) is 0 Å². The predicted octanol–water partition coefficient (Wildman–Crippen LogP) is 1.67. The van der Waals surface area contributed by atoms with Crippen LogP contribution in [0.25, 0.3) is 0 Å². The van der Waals surface area contributed by atoms with Gasteiger partial charge >= 0.3 is 0 Å². The molecule has 1 unspecified atom stereocenters. The molecule has 4 heteroatoms. The third kappa shape index (κ3) is 1.47. The molecule has 4 nitrogen and oxygen atoms in total. The van der Waals surface area contributed by atoms with E-state index in [9.17, 15) is 0 Å². The van der Waals surface area contributed by atoms with Gasteiger partial charge in [-0.3, -0.25) is 5.10 Å². The molecule has 2 aliphatic rings. The van der Waals surface area contributed by atoms with Gasteiger partial charge in [-0.1, -0.05) is 13.3 Å². The fourth-order valence-electron chi connectivity index (χ4n) is 2.55. The van der Waals surface area contributed by atoms with Gasteiger partial charge in [0.25, 0.3) is 0 Å². The van der Waals surface area contributed by atoms with Gasteiger partial charge in [0.15, 0.2) is 5.82 Å². The standard InChI is InChI=1S/C11H18N4/c1-11(5-3-6-11)10-13-9(14-15-10)8-4-2-7-12-8/h8,12H,2-7H2,1H3,(H,13,14,15). The van der Waals surface area contributed by atoms with E-state index in [4.69, 9.17) is 0 Å². The largest absolute Gasteiger partial charge is 0.307 e. The Morgan fingerprint density at radius 2 is 2.20 bits per heavy atom. The Hall–Kier alpha value is -0.900. The minimum atomic E-state index is 0.257. The molecule has 82 valence electrons. The maximum absolute atomic E-state index is 4.66. The van der Waals surface area contributed by atoms with Gasteiger partial charge in [-0.05, 0) is 32.2 Å². The molecule has 1 saturated carbocycles. The second-order valence-corrected chi connectivity index (χ2v) is 5.11. The molecule has 3 rings (SSSR count). The van der Waals surface area contributed by atoms with Gasteiger partial charge in [-0.25, -0.2) is 4.98 Å². The Kier molecular flexibility index (Phi) is 2.06. The Labute approximate surface area is 89.9 Å². The first-order valence-electron chi connectivity index (χ1n) is 5.94. The highest BCUT2D eigenvalue weighted by Crippen LogP contribution is 2.41. The molecule has 0 amide bonds. The maximum atomic E-state index is 4.66. The topological polar surface area (TPSA) is 53.6 Å². The summed E-state index contributed by atoms with van der Waals surface area (Å²) in [7, 11) is 0. The molecular weight excluding hydrogens is 188 g/mol. The molecule has 1 aliphatic heterocycles. The molecule has 1 aliphatic carbocycles. The highest BCUT2D eigenvalue weighted by molar-refractivity contribution is 5.12. The van der Waals surface area contributed by atoms with E-state index in [1.807, 2.05) is 0 Å². The highest BCUT2D eigenvalue weighted by Gasteiger charge is 2.37. The van der Waals surface area contributed by atoms with Gasteiger partial charge in [0, 0.05) is 5.41 Å². The lowest BCUT2D eigenvalue weighted by Crippen LogP contribution is -2.31. The summed E-state index contributed by atoms with van der Waals surface area (Å²) in [6, 6.07) is 0.412. The molecule has 0 aromatic carbocycles. The summed E-state index contributed by atoms with van der Waals surface area (Å²) in [4.78, 5) is 4.66. The highest BCUT2D eigenvalue weighted by atomic mass is 15.2. The molecule has 2 fully saturated rings. The number of aromatic amines is 1. The number of nitrogens with zero attached hydrogens (tertiary/aromatic N) is 2.